The Morgan fingerprint density at radius 3 is 2.28 bits per heavy atom. The molecule has 0 fully saturated rings. The van der Waals surface area contributed by atoms with E-state index < -0.39 is 5.91 Å². The summed E-state index contributed by atoms with van der Waals surface area (Å²) in [6, 6.07) is 8.93. The molecule has 7 nitrogen and oxygen atoms in total. The third kappa shape index (κ3) is 4.73. The van der Waals surface area contributed by atoms with Crippen LogP contribution in [0.5, 0.6) is 23.0 Å². The molecule has 1 amide bonds. The molecule has 3 rings (SSSR count). The molecule has 0 radical (unpaired) electrons. The number of hydrogen-bond donors (Lipinski definition) is 0. The van der Waals surface area contributed by atoms with Gasteiger partial charge in [0.2, 0.25) is 5.75 Å². The smallest absolute Gasteiger partial charge is 0.279 e. The first kappa shape index (κ1) is 23.2. The van der Waals surface area contributed by atoms with Crippen LogP contribution in [0.3, 0.4) is 0 Å². The second-order valence-corrected chi connectivity index (χ2v) is 7.51. The molecule has 0 spiro atoms. The van der Waals surface area contributed by atoms with Gasteiger partial charge in [-0.3, -0.25) is 4.79 Å². The molecular weight excluding hydrogens is 428 g/mol. The summed E-state index contributed by atoms with van der Waals surface area (Å²) in [4.78, 5) is 18.0. The summed E-state index contributed by atoms with van der Waals surface area (Å²) in [7, 11) is 1.60. The molecule has 3 aromatic rings. The van der Waals surface area contributed by atoms with E-state index in [4.69, 9.17) is 25.4 Å². The summed E-state index contributed by atoms with van der Waals surface area (Å²) in [6.07, 6.45) is 5.58. The highest BCUT2D eigenvalue weighted by atomic mass is 32.1. The number of carbonyl (C=O) groups excluding carboxylic acids is 1. The Labute approximate surface area is 191 Å². The van der Waals surface area contributed by atoms with Gasteiger partial charge in [-0.2, -0.15) is 4.99 Å². The van der Waals surface area contributed by atoms with E-state index in [0.29, 0.717) is 53.2 Å². The molecule has 0 atom stereocenters. The first-order valence-corrected chi connectivity index (χ1v) is 11.1. The van der Waals surface area contributed by atoms with Crippen molar-refractivity contribution in [3.05, 3.63) is 40.7 Å². The Bertz CT molecular complexity index is 1190. The Morgan fingerprint density at radius 2 is 1.72 bits per heavy atom. The minimum Gasteiger partial charge on any atom is -0.495 e. The number of hydrogen-bond acceptors (Lipinski definition) is 6. The van der Waals surface area contributed by atoms with Gasteiger partial charge in [-0.1, -0.05) is 23.3 Å². The summed E-state index contributed by atoms with van der Waals surface area (Å²) < 4.78 is 25.3. The van der Waals surface area contributed by atoms with Crippen molar-refractivity contribution in [1.82, 2.24) is 4.57 Å². The van der Waals surface area contributed by atoms with Crippen LogP contribution >= 0.6 is 11.3 Å². The van der Waals surface area contributed by atoms with Crippen LogP contribution in [0.4, 0.5) is 0 Å². The predicted octanol–water partition coefficient (Wildman–Crippen LogP) is 4.28. The quantitative estimate of drug-likeness (QED) is 0.451. The monoisotopic (exact) mass is 454 g/mol. The van der Waals surface area contributed by atoms with Gasteiger partial charge >= 0.3 is 0 Å². The normalized spacial score (nSPS) is 11.3. The van der Waals surface area contributed by atoms with E-state index in [2.05, 4.69) is 10.9 Å². The highest BCUT2D eigenvalue weighted by molar-refractivity contribution is 7.16. The SMILES string of the molecule is C#CCn1c(=NC(=O)c2cc(OCC)c(OCC)c(OCC)c2)sc2cccc(OC)c21. The molecular formula is C24H26N2O5S. The number of ether oxygens (including phenoxy) is 4. The average Bonchev–Trinajstić information content (AvgIpc) is 3.13. The molecule has 2 aromatic carbocycles. The van der Waals surface area contributed by atoms with Gasteiger partial charge in [0.05, 0.1) is 38.2 Å². The fourth-order valence-corrected chi connectivity index (χ4v) is 4.29. The molecule has 0 saturated carbocycles. The highest BCUT2D eigenvalue weighted by Crippen LogP contribution is 2.39. The number of rotatable bonds is 9. The molecule has 0 aliphatic carbocycles. The fraction of sp³-hybridized carbons (Fsp3) is 0.333. The van der Waals surface area contributed by atoms with E-state index in [0.717, 1.165) is 10.2 Å². The number of thiazole rings is 1. The molecule has 0 aliphatic rings. The summed E-state index contributed by atoms with van der Waals surface area (Å²) in [5.41, 5.74) is 1.14. The molecule has 168 valence electrons. The van der Waals surface area contributed by atoms with E-state index in [1.165, 1.54) is 11.3 Å². The molecule has 32 heavy (non-hydrogen) atoms. The van der Waals surface area contributed by atoms with E-state index in [1.54, 1.807) is 23.8 Å². The van der Waals surface area contributed by atoms with Crippen molar-refractivity contribution in [1.29, 1.82) is 0 Å². The maximum absolute atomic E-state index is 13.2. The minimum absolute atomic E-state index is 0.254. The standard InChI is InChI=1S/C24H26N2O5S/c1-6-13-26-21-17(28-5)11-10-12-20(21)32-24(26)25-23(27)16-14-18(29-7-2)22(31-9-4)19(15-16)30-8-3/h1,10-12,14-15H,7-9,13H2,2-5H3. The average molecular weight is 455 g/mol. The summed E-state index contributed by atoms with van der Waals surface area (Å²) in [5.74, 6) is 4.21. The highest BCUT2D eigenvalue weighted by Gasteiger charge is 2.19. The molecule has 0 N–H and O–H groups in total. The van der Waals surface area contributed by atoms with Crippen LogP contribution < -0.4 is 23.7 Å². The fourth-order valence-electron chi connectivity index (χ4n) is 3.25. The van der Waals surface area contributed by atoms with Crippen molar-refractivity contribution in [2.75, 3.05) is 26.9 Å². The van der Waals surface area contributed by atoms with Crippen molar-refractivity contribution in [3.63, 3.8) is 0 Å². The number of para-hydroxylation sites is 1. The number of aromatic nitrogens is 1. The Balaban J connectivity index is 2.16. The maximum Gasteiger partial charge on any atom is 0.279 e. The van der Waals surface area contributed by atoms with Crippen LogP contribution in [0.25, 0.3) is 10.2 Å². The second-order valence-electron chi connectivity index (χ2n) is 6.50. The third-order valence-electron chi connectivity index (χ3n) is 4.49. The van der Waals surface area contributed by atoms with Gasteiger partial charge in [-0.25, -0.2) is 0 Å². The lowest BCUT2D eigenvalue weighted by atomic mass is 10.1. The van der Waals surface area contributed by atoms with Crippen LogP contribution in [0.15, 0.2) is 35.3 Å². The molecule has 0 saturated heterocycles. The zero-order chi connectivity index (χ0) is 23.1. The van der Waals surface area contributed by atoms with Crippen LogP contribution in [-0.2, 0) is 6.54 Å². The zero-order valence-corrected chi connectivity index (χ0v) is 19.5. The third-order valence-corrected chi connectivity index (χ3v) is 5.53. The van der Waals surface area contributed by atoms with Crippen molar-refractivity contribution < 1.29 is 23.7 Å². The van der Waals surface area contributed by atoms with Gasteiger partial charge in [-0.15, -0.1) is 6.42 Å². The summed E-state index contributed by atoms with van der Waals surface area (Å²) in [5, 5.41) is 0. The first-order valence-electron chi connectivity index (χ1n) is 10.3. The van der Waals surface area contributed by atoms with E-state index >= 15 is 0 Å². The lowest BCUT2D eigenvalue weighted by Crippen LogP contribution is -2.17. The van der Waals surface area contributed by atoms with Crippen molar-refractivity contribution >= 4 is 27.5 Å². The van der Waals surface area contributed by atoms with Crippen molar-refractivity contribution in [2.45, 2.75) is 27.3 Å². The summed E-state index contributed by atoms with van der Waals surface area (Å²) in [6.45, 7) is 7.12. The Morgan fingerprint density at radius 1 is 1.06 bits per heavy atom. The number of methoxy groups -OCH3 is 1. The molecule has 1 aromatic heterocycles. The van der Waals surface area contributed by atoms with E-state index in [9.17, 15) is 4.79 Å². The molecule has 1 heterocycles. The second kappa shape index (κ2) is 10.7. The number of nitrogens with zero attached hydrogens (tertiary/aromatic N) is 2. The molecule has 0 aliphatic heterocycles. The van der Waals surface area contributed by atoms with Gasteiger partial charge < -0.3 is 23.5 Å². The van der Waals surface area contributed by atoms with Crippen molar-refractivity contribution in [3.8, 4) is 35.3 Å². The van der Waals surface area contributed by atoms with Crippen molar-refractivity contribution in [2.24, 2.45) is 4.99 Å². The zero-order valence-electron chi connectivity index (χ0n) is 18.6. The van der Waals surface area contributed by atoms with Gasteiger partial charge in [0.25, 0.3) is 5.91 Å². The van der Waals surface area contributed by atoms with Crippen LogP contribution in [0, 0.1) is 12.3 Å². The van der Waals surface area contributed by atoms with E-state index in [1.807, 2.05) is 39.0 Å². The van der Waals surface area contributed by atoms with E-state index in [-0.39, 0.29) is 6.54 Å². The van der Waals surface area contributed by atoms with Crippen LogP contribution in [0.2, 0.25) is 0 Å². The minimum atomic E-state index is -0.439. The predicted molar refractivity (Wildman–Crippen MR) is 125 cm³/mol. The molecule has 0 unspecified atom stereocenters. The number of terminal acetylenes is 1. The largest absolute Gasteiger partial charge is 0.495 e. The van der Waals surface area contributed by atoms with Gasteiger partial charge in [-0.05, 0) is 45.0 Å². The number of benzene rings is 2. The van der Waals surface area contributed by atoms with Gasteiger partial charge in [0.1, 0.15) is 11.3 Å². The maximum atomic E-state index is 13.2. The molecule has 8 heteroatoms. The first-order chi connectivity index (χ1) is 15.6. The lowest BCUT2D eigenvalue weighted by molar-refractivity contribution is 0.0996. The summed E-state index contributed by atoms with van der Waals surface area (Å²) >= 11 is 1.37. The van der Waals surface area contributed by atoms with Crippen LogP contribution in [-0.4, -0.2) is 37.4 Å². The van der Waals surface area contributed by atoms with Gasteiger partial charge in [0, 0.05) is 5.56 Å². The lowest BCUT2D eigenvalue weighted by Gasteiger charge is -2.16. The topological polar surface area (TPSA) is 71.3 Å². The number of fused-ring (bicyclic) bond motifs is 1. The Hall–Kier alpha value is -3.44. The van der Waals surface area contributed by atoms with Gasteiger partial charge in [0.15, 0.2) is 16.3 Å². The van der Waals surface area contributed by atoms with Crippen LogP contribution in [0.1, 0.15) is 31.1 Å². The number of amides is 1. The number of carbonyl (C=O) groups is 1. The molecule has 0 bridgehead atoms. The Kier molecular flexibility index (Phi) is 7.79.